The molecular formula is C15H15N3O6S. The quantitative estimate of drug-likeness (QED) is 0.442. The fourth-order valence-electron chi connectivity index (χ4n) is 2.92. The van der Waals surface area contributed by atoms with Crippen LogP contribution in [0.3, 0.4) is 0 Å². The van der Waals surface area contributed by atoms with Gasteiger partial charge in [0.1, 0.15) is 17.2 Å². The second-order valence-electron chi connectivity index (χ2n) is 5.60. The molecule has 2 aliphatic heterocycles. The van der Waals surface area contributed by atoms with Crippen LogP contribution in [0.1, 0.15) is 5.56 Å². The molecule has 25 heavy (non-hydrogen) atoms. The van der Waals surface area contributed by atoms with Gasteiger partial charge >= 0.3 is 5.97 Å². The zero-order valence-corrected chi connectivity index (χ0v) is 13.9. The van der Waals surface area contributed by atoms with Gasteiger partial charge in [-0.3, -0.25) is 19.8 Å². The first-order valence-corrected chi connectivity index (χ1v) is 8.28. The van der Waals surface area contributed by atoms with Gasteiger partial charge in [-0.1, -0.05) is 12.1 Å². The van der Waals surface area contributed by atoms with Crippen molar-refractivity contribution in [2.24, 2.45) is 5.73 Å². The van der Waals surface area contributed by atoms with Crippen LogP contribution in [-0.4, -0.2) is 50.6 Å². The molecule has 0 spiro atoms. The van der Waals surface area contributed by atoms with Crippen LogP contribution in [0.2, 0.25) is 0 Å². The number of nitrogens with zero attached hydrogens (tertiary/aromatic N) is 2. The summed E-state index contributed by atoms with van der Waals surface area (Å²) in [7, 11) is 1.35. The van der Waals surface area contributed by atoms with Crippen LogP contribution in [0.25, 0.3) is 0 Å². The lowest BCUT2D eigenvalue weighted by molar-refractivity contribution is -0.384. The molecule has 1 saturated heterocycles. The molecule has 1 fully saturated rings. The minimum atomic E-state index is -1.25. The number of thioether (sulfide) groups is 1. The van der Waals surface area contributed by atoms with Crippen LogP contribution in [0.5, 0.6) is 0 Å². The molecule has 2 aliphatic rings. The smallest absolute Gasteiger partial charge is 0.356 e. The Morgan fingerprint density at radius 1 is 1.44 bits per heavy atom. The molecule has 0 aliphatic carbocycles. The fourth-order valence-corrected chi connectivity index (χ4v) is 4.49. The number of hydrogen-bond acceptors (Lipinski definition) is 7. The summed E-state index contributed by atoms with van der Waals surface area (Å²) in [5, 5.41) is 19.4. The highest BCUT2D eigenvalue weighted by Gasteiger charge is 2.54. The molecular weight excluding hydrogens is 350 g/mol. The van der Waals surface area contributed by atoms with Crippen LogP contribution in [0, 0.1) is 10.1 Å². The van der Waals surface area contributed by atoms with E-state index in [1.54, 1.807) is 12.1 Å². The Bertz CT molecular complexity index is 778. The van der Waals surface area contributed by atoms with Gasteiger partial charge in [0.15, 0.2) is 5.70 Å². The van der Waals surface area contributed by atoms with Gasteiger partial charge in [-0.25, -0.2) is 4.79 Å². The Kier molecular flexibility index (Phi) is 4.39. The van der Waals surface area contributed by atoms with Crippen molar-refractivity contribution >= 4 is 29.3 Å². The molecule has 0 saturated carbocycles. The molecule has 3 atom stereocenters. The van der Waals surface area contributed by atoms with E-state index in [9.17, 15) is 24.8 Å². The van der Waals surface area contributed by atoms with Crippen molar-refractivity contribution in [2.75, 3.05) is 7.11 Å². The highest BCUT2D eigenvalue weighted by atomic mass is 32.2. The number of β-lactam (4-membered cyclic amide) rings is 1. The minimum absolute atomic E-state index is 0.0217. The Balaban J connectivity index is 1.92. The summed E-state index contributed by atoms with van der Waals surface area (Å²) in [6, 6.07) is 5.26. The average molecular weight is 365 g/mol. The molecule has 9 nitrogen and oxygen atoms in total. The van der Waals surface area contributed by atoms with Gasteiger partial charge in [-0.2, -0.15) is 0 Å². The number of carbonyl (C=O) groups is 2. The predicted molar refractivity (Wildman–Crippen MR) is 88.5 cm³/mol. The van der Waals surface area contributed by atoms with Crippen LogP contribution in [-0.2, 0) is 20.7 Å². The number of nitro benzene ring substituents is 1. The second-order valence-corrected chi connectivity index (χ2v) is 6.92. The normalized spacial score (nSPS) is 25.3. The third-order valence-electron chi connectivity index (χ3n) is 4.15. The number of ether oxygens (including phenoxy) is 1. The van der Waals surface area contributed by atoms with Crippen LogP contribution < -0.4 is 5.73 Å². The van der Waals surface area contributed by atoms with Crippen molar-refractivity contribution in [3.8, 4) is 0 Å². The van der Waals surface area contributed by atoms with Gasteiger partial charge in [0.25, 0.3) is 5.69 Å². The number of benzene rings is 1. The first-order valence-electron chi connectivity index (χ1n) is 7.34. The number of rotatable bonds is 5. The number of fused-ring (bicyclic) bond motifs is 1. The summed E-state index contributed by atoms with van der Waals surface area (Å²) in [5.74, 6) is -1.51. The lowest BCUT2D eigenvalue weighted by atomic mass is 10.0. The summed E-state index contributed by atoms with van der Waals surface area (Å²) in [5.41, 5.74) is 6.37. The number of carbonyl (C=O) groups excluding carboxylic acids is 1. The molecule has 0 bridgehead atoms. The maximum atomic E-state index is 11.9. The molecule has 0 aromatic heterocycles. The summed E-state index contributed by atoms with van der Waals surface area (Å²) >= 11 is 1.35. The van der Waals surface area contributed by atoms with Crippen LogP contribution in [0.15, 0.2) is 35.7 Å². The predicted octanol–water partition coefficient (Wildman–Crippen LogP) is 0.691. The van der Waals surface area contributed by atoms with Gasteiger partial charge in [0.05, 0.1) is 17.3 Å². The number of aliphatic carboxylic acids is 1. The van der Waals surface area contributed by atoms with Crippen molar-refractivity contribution in [2.45, 2.75) is 23.1 Å². The van der Waals surface area contributed by atoms with Gasteiger partial charge in [-0.05, 0) is 12.0 Å². The molecule has 2 heterocycles. The maximum Gasteiger partial charge on any atom is 0.356 e. The molecule has 10 heteroatoms. The van der Waals surface area contributed by atoms with E-state index in [1.807, 2.05) is 0 Å². The molecule has 0 radical (unpaired) electrons. The number of carboxylic acid groups (broad SMARTS) is 1. The third-order valence-corrected chi connectivity index (χ3v) is 5.64. The topological polar surface area (TPSA) is 136 Å². The second kappa shape index (κ2) is 6.37. The largest absolute Gasteiger partial charge is 0.497 e. The number of amides is 1. The van der Waals surface area contributed by atoms with Gasteiger partial charge in [0, 0.05) is 12.1 Å². The molecule has 1 amide bonds. The third kappa shape index (κ3) is 2.83. The van der Waals surface area contributed by atoms with Crippen molar-refractivity contribution in [3.63, 3.8) is 0 Å². The Labute approximate surface area is 146 Å². The Morgan fingerprint density at radius 3 is 2.60 bits per heavy atom. The Hall–Kier alpha value is -2.59. The highest BCUT2D eigenvalue weighted by Crippen LogP contribution is 2.44. The van der Waals surface area contributed by atoms with Crippen molar-refractivity contribution < 1.29 is 24.4 Å². The standard InChI is InChI=1S/C15H15N3O6S/c1-24-12-9(6-7-2-4-8(5-3-7)18(22)23)25-14-10(16)13(19)17(14)11(12)15(20)21/h2-5,9-10,14H,6,16H2,1H3,(H,20,21)/t9?,10?,14-/m1/s1. The van der Waals surface area contributed by atoms with Crippen LogP contribution in [0.4, 0.5) is 5.69 Å². The van der Waals surface area contributed by atoms with Gasteiger partial charge in [-0.15, -0.1) is 11.8 Å². The average Bonchev–Trinajstić information content (AvgIpc) is 2.60. The molecule has 1 aromatic carbocycles. The first-order chi connectivity index (χ1) is 11.8. The lowest BCUT2D eigenvalue weighted by Gasteiger charge is -2.49. The van der Waals surface area contributed by atoms with E-state index in [0.29, 0.717) is 6.42 Å². The zero-order chi connectivity index (χ0) is 18.3. The number of nitro groups is 1. The summed E-state index contributed by atoms with van der Waals surface area (Å²) < 4.78 is 5.28. The fraction of sp³-hybridized carbons (Fsp3) is 0.333. The van der Waals surface area contributed by atoms with Crippen molar-refractivity contribution in [1.82, 2.24) is 4.90 Å². The molecule has 3 rings (SSSR count). The lowest BCUT2D eigenvalue weighted by Crippen LogP contribution is -2.69. The molecule has 132 valence electrons. The van der Waals surface area contributed by atoms with E-state index >= 15 is 0 Å². The molecule has 3 N–H and O–H groups in total. The van der Waals surface area contributed by atoms with Crippen molar-refractivity contribution in [1.29, 1.82) is 0 Å². The zero-order valence-electron chi connectivity index (χ0n) is 13.1. The number of methoxy groups -OCH3 is 1. The SMILES string of the molecule is COC1=C(C(=O)O)N2C(=O)C(N)[C@H]2SC1Cc1ccc([N+](=O)[O-])cc1. The summed E-state index contributed by atoms with van der Waals surface area (Å²) in [4.78, 5) is 34.9. The van der Waals surface area contributed by atoms with E-state index in [-0.39, 0.29) is 22.4 Å². The van der Waals surface area contributed by atoms with E-state index < -0.39 is 28.2 Å². The minimum Gasteiger partial charge on any atom is -0.497 e. The molecule has 2 unspecified atom stereocenters. The van der Waals surface area contributed by atoms with Crippen molar-refractivity contribution in [3.05, 3.63) is 51.4 Å². The number of nitrogens with two attached hydrogens (primary N) is 1. The Morgan fingerprint density at radius 2 is 2.08 bits per heavy atom. The van der Waals surface area contributed by atoms with E-state index in [2.05, 4.69) is 0 Å². The maximum absolute atomic E-state index is 11.9. The van der Waals surface area contributed by atoms with E-state index in [0.717, 1.165) is 10.5 Å². The number of carboxylic acids is 1. The van der Waals surface area contributed by atoms with Crippen LogP contribution >= 0.6 is 11.8 Å². The number of hydrogen-bond donors (Lipinski definition) is 2. The number of non-ortho nitro benzene ring substituents is 1. The summed E-state index contributed by atoms with van der Waals surface area (Å²) in [6.07, 6.45) is 0.397. The van der Waals surface area contributed by atoms with E-state index in [4.69, 9.17) is 10.5 Å². The molecule has 1 aromatic rings. The first kappa shape index (κ1) is 17.2. The van der Waals surface area contributed by atoms with E-state index in [1.165, 1.54) is 31.0 Å². The monoisotopic (exact) mass is 365 g/mol. The van der Waals surface area contributed by atoms with Gasteiger partial charge in [0.2, 0.25) is 5.91 Å². The van der Waals surface area contributed by atoms with Gasteiger partial charge < -0.3 is 15.6 Å². The highest BCUT2D eigenvalue weighted by molar-refractivity contribution is 8.00. The summed E-state index contributed by atoms with van der Waals surface area (Å²) in [6.45, 7) is 0.